The topological polar surface area (TPSA) is 96.7 Å². The van der Waals surface area contributed by atoms with Crippen molar-refractivity contribution in [2.75, 3.05) is 9.80 Å². The van der Waals surface area contributed by atoms with E-state index in [1.165, 1.54) is 0 Å². The van der Waals surface area contributed by atoms with Gasteiger partial charge < -0.3 is 4.90 Å². The molecule has 9 nitrogen and oxygen atoms in total. The minimum atomic E-state index is 0.499. The maximum absolute atomic E-state index is 5.36. The van der Waals surface area contributed by atoms with Crippen molar-refractivity contribution >= 4 is 34.4 Å². The van der Waals surface area contributed by atoms with E-state index in [0.29, 0.717) is 29.2 Å². The molecule has 0 amide bonds. The Labute approximate surface area is 428 Å². The number of anilines is 6. The standard InChI is InChI=1S/C65H43N9/c1-7-23-44(24-8-1)52-42-55(67-61(66-52)47-29-13-4-14-30-47)50-39-40-56(51(41-50)64-71-62(48-31-15-5-16-32-48)70-63(72-64)49-33-17-6-18-34-49)73-57-35-19-21-37-59(57)74(60-38-22-20-36-58(60)73)65-68-53(45-25-9-2-10-26-45)43-54(69-65)46-27-11-3-12-28-46/h1-43H. The van der Waals surface area contributed by atoms with E-state index in [4.69, 9.17) is 34.9 Å². The van der Waals surface area contributed by atoms with Gasteiger partial charge >= 0.3 is 0 Å². The fourth-order valence-corrected chi connectivity index (χ4v) is 9.53. The van der Waals surface area contributed by atoms with Gasteiger partial charge in [-0.2, -0.15) is 0 Å². The van der Waals surface area contributed by atoms with Crippen molar-refractivity contribution < 1.29 is 0 Å². The number of para-hydroxylation sites is 4. The predicted octanol–water partition coefficient (Wildman–Crippen LogP) is 16.0. The zero-order valence-corrected chi connectivity index (χ0v) is 39.9. The van der Waals surface area contributed by atoms with Crippen LogP contribution < -0.4 is 9.80 Å². The lowest BCUT2D eigenvalue weighted by molar-refractivity contribution is 1.06. The van der Waals surface area contributed by atoms with Gasteiger partial charge in [0, 0.05) is 44.5 Å². The van der Waals surface area contributed by atoms with Crippen molar-refractivity contribution in [3.05, 3.63) is 261 Å². The normalized spacial score (nSPS) is 11.7. The summed E-state index contributed by atoms with van der Waals surface area (Å²) in [5, 5.41) is 0. The van der Waals surface area contributed by atoms with Crippen LogP contribution in [0.25, 0.3) is 90.6 Å². The van der Waals surface area contributed by atoms with Crippen LogP contribution in [-0.4, -0.2) is 34.9 Å². The maximum atomic E-state index is 5.36. The Bertz CT molecular complexity index is 3730. The third-order valence-corrected chi connectivity index (χ3v) is 13.1. The van der Waals surface area contributed by atoms with Crippen LogP contribution in [-0.2, 0) is 0 Å². The van der Waals surface area contributed by atoms with Gasteiger partial charge in [-0.25, -0.2) is 34.9 Å². The lowest BCUT2D eigenvalue weighted by Crippen LogP contribution is -2.25. The van der Waals surface area contributed by atoms with E-state index < -0.39 is 0 Å². The molecule has 4 heterocycles. The van der Waals surface area contributed by atoms with Gasteiger partial charge in [0.15, 0.2) is 23.3 Å². The van der Waals surface area contributed by atoms with Crippen molar-refractivity contribution in [3.8, 4) is 90.6 Å². The number of fused-ring (bicyclic) bond motifs is 2. The Morgan fingerprint density at radius 2 is 0.514 bits per heavy atom. The number of hydrogen-bond donors (Lipinski definition) is 0. The number of benzene rings is 9. The van der Waals surface area contributed by atoms with E-state index >= 15 is 0 Å². The van der Waals surface area contributed by atoms with Crippen molar-refractivity contribution in [2.24, 2.45) is 0 Å². The summed E-state index contributed by atoms with van der Waals surface area (Å²) >= 11 is 0. The van der Waals surface area contributed by atoms with Gasteiger partial charge in [-0.3, -0.25) is 4.90 Å². The monoisotopic (exact) mass is 949 g/mol. The van der Waals surface area contributed by atoms with Crippen LogP contribution >= 0.6 is 0 Å². The number of aromatic nitrogens is 7. The molecule has 0 atom stereocenters. The van der Waals surface area contributed by atoms with Crippen LogP contribution in [0.4, 0.5) is 34.4 Å². The van der Waals surface area contributed by atoms with Crippen molar-refractivity contribution in [2.45, 2.75) is 0 Å². The van der Waals surface area contributed by atoms with Crippen molar-refractivity contribution in [1.29, 1.82) is 0 Å². The molecule has 348 valence electrons. The fourth-order valence-electron chi connectivity index (χ4n) is 9.53. The molecule has 0 bridgehead atoms. The molecule has 74 heavy (non-hydrogen) atoms. The second kappa shape index (κ2) is 19.2. The van der Waals surface area contributed by atoms with Crippen LogP contribution in [0.1, 0.15) is 0 Å². The minimum Gasteiger partial charge on any atom is -0.306 e. The molecule has 1 aliphatic heterocycles. The maximum Gasteiger partial charge on any atom is 0.235 e. The average molecular weight is 950 g/mol. The van der Waals surface area contributed by atoms with Gasteiger partial charge in [-0.05, 0) is 48.5 Å². The highest BCUT2D eigenvalue weighted by molar-refractivity contribution is 6.03. The summed E-state index contributed by atoms with van der Waals surface area (Å²) in [5.41, 5.74) is 14.9. The van der Waals surface area contributed by atoms with Crippen LogP contribution in [0.15, 0.2) is 261 Å². The smallest absolute Gasteiger partial charge is 0.235 e. The van der Waals surface area contributed by atoms with Crippen LogP contribution in [0.3, 0.4) is 0 Å². The molecule has 0 radical (unpaired) electrons. The minimum absolute atomic E-state index is 0.499. The summed E-state index contributed by atoms with van der Waals surface area (Å²) in [6, 6.07) is 88.5. The Kier molecular flexibility index (Phi) is 11.3. The Hall–Kier alpha value is -10.3. The zero-order chi connectivity index (χ0) is 49.2. The van der Waals surface area contributed by atoms with Gasteiger partial charge in [0.2, 0.25) is 5.95 Å². The largest absolute Gasteiger partial charge is 0.306 e. The molecule has 12 aromatic rings. The molecule has 0 saturated carbocycles. The zero-order valence-electron chi connectivity index (χ0n) is 39.9. The number of rotatable bonds is 10. The molecule has 1 aliphatic rings. The molecule has 9 aromatic carbocycles. The molecule has 0 aliphatic carbocycles. The first-order valence-corrected chi connectivity index (χ1v) is 24.5. The molecule has 13 rings (SSSR count). The third-order valence-electron chi connectivity index (χ3n) is 13.1. The summed E-state index contributed by atoms with van der Waals surface area (Å²) in [6.45, 7) is 0. The van der Waals surface area contributed by atoms with E-state index in [-0.39, 0.29) is 0 Å². The molecule has 0 spiro atoms. The molecular weight excluding hydrogens is 907 g/mol. The molecule has 9 heteroatoms. The molecule has 0 fully saturated rings. The first kappa shape index (κ1) is 43.7. The summed E-state index contributed by atoms with van der Waals surface area (Å²) < 4.78 is 0. The number of nitrogens with zero attached hydrogens (tertiary/aromatic N) is 9. The quantitative estimate of drug-likeness (QED) is 0.133. The highest BCUT2D eigenvalue weighted by Crippen LogP contribution is 2.55. The Morgan fingerprint density at radius 3 is 0.919 bits per heavy atom. The van der Waals surface area contributed by atoms with E-state index in [2.05, 4.69) is 125 Å². The second-order valence-corrected chi connectivity index (χ2v) is 17.8. The molecule has 0 unspecified atom stereocenters. The first-order chi connectivity index (χ1) is 36.7. The van der Waals surface area contributed by atoms with E-state index in [1.54, 1.807) is 0 Å². The fraction of sp³-hybridized carbons (Fsp3) is 0. The van der Waals surface area contributed by atoms with Crippen molar-refractivity contribution in [3.63, 3.8) is 0 Å². The second-order valence-electron chi connectivity index (χ2n) is 17.8. The average Bonchev–Trinajstić information content (AvgIpc) is 3.49. The van der Waals surface area contributed by atoms with Crippen LogP contribution in [0.2, 0.25) is 0 Å². The highest BCUT2D eigenvalue weighted by atomic mass is 15.3. The lowest BCUT2D eigenvalue weighted by Gasteiger charge is -2.40. The van der Waals surface area contributed by atoms with E-state index in [9.17, 15) is 0 Å². The SMILES string of the molecule is c1ccc(-c2cc(-c3ccc(N4c5ccccc5N(c5nc(-c6ccccc6)cc(-c6ccccc6)n5)c5ccccc54)c(-c4nc(-c5ccccc5)nc(-c5ccccc5)n4)c3)nc(-c3ccccc3)n2)cc1. The van der Waals surface area contributed by atoms with E-state index in [0.717, 1.165) is 95.7 Å². The highest BCUT2D eigenvalue weighted by Gasteiger charge is 2.34. The third kappa shape index (κ3) is 8.40. The Morgan fingerprint density at radius 1 is 0.203 bits per heavy atom. The predicted molar refractivity (Wildman–Crippen MR) is 297 cm³/mol. The molecular formula is C65H43N9. The van der Waals surface area contributed by atoms with E-state index in [1.807, 2.05) is 146 Å². The van der Waals surface area contributed by atoms with Crippen molar-refractivity contribution in [1.82, 2.24) is 34.9 Å². The summed E-state index contributed by atoms with van der Waals surface area (Å²) in [6.07, 6.45) is 0. The first-order valence-electron chi connectivity index (χ1n) is 24.5. The summed E-state index contributed by atoms with van der Waals surface area (Å²) in [5.74, 6) is 2.78. The summed E-state index contributed by atoms with van der Waals surface area (Å²) in [7, 11) is 0. The number of hydrogen-bond acceptors (Lipinski definition) is 9. The van der Waals surface area contributed by atoms with Gasteiger partial charge in [0.05, 0.1) is 51.2 Å². The molecule has 3 aromatic heterocycles. The van der Waals surface area contributed by atoms with Gasteiger partial charge in [0.1, 0.15) is 0 Å². The van der Waals surface area contributed by atoms with Gasteiger partial charge in [0.25, 0.3) is 0 Å². The van der Waals surface area contributed by atoms with Gasteiger partial charge in [-0.1, -0.05) is 212 Å². The van der Waals surface area contributed by atoms with Crippen LogP contribution in [0, 0.1) is 0 Å². The molecule has 0 N–H and O–H groups in total. The Balaban J connectivity index is 1.05. The summed E-state index contributed by atoms with van der Waals surface area (Å²) in [4.78, 5) is 41.4. The lowest BCUT2D eigenvalue weighted by atomic mass is 9.99. The van der Waals surface area contributed by atoms with Gasteiger partial charge in [-0.15, -0.1) is 0 Å². The van der Waals surface area contributed by atoms with Crippen LogP contribution in [0.5, 0.6) is 0 Å². The molecule has 0 saturated heterocycles.